The van der Waals surface area contributed by atoms with E-state index in [9.17, 15) is 23.1 Å². The van der Waals surface area contributed by atoms with Crippen molar-refractivity contribution >= 4 is 25.7 Å². The number of benzene rings is 2. The van der Waals surface area contributed by atoms with Crippen molar-refractivity contribution in [1.29, 1.82) is 5.26 Å². The molecule has 0 spiro atoms. The van der Waals surface area contributed by atoms with Gasteiger partial charge in [-0.05, 0) is 24.3 Å². The predicted octanol–water partition coefficient (Wildman–Crippen LogP) is 4.70. The Morgan fingerprint density at radius 3 is 2.60 bits per heavy atom. The summed E-state index contributed by atoms with van der Waals surface area (Å²) in [6.07, 6.45) is 8.12. The third kappa shape index (κ3) is 8.17. The van der Waals surface area contributed by atoms with Crippen molar-refractivity contribution in [2.75, 3.05) is 13.2 Å². The molecule has 1 saturated heterocycles. The second-order valence-electron chi connectivity index (χ2n) is 9.22. The number of aromatic nitrogens is 3. The van der Waals surface area contributed by atoms with Crippen LogP contribution < -0.4 is 0 Å². The number of ether oxygens (including phenoxy) is 2. The molecule has 2 aromatic carbocycles. The van der Waals surface area contributed by atoms with Crippen molar-refractivity contribution < 1.29 is 41.5 Å². The lowest BCUT2D eigenvalue weighted by Crippen LogP contribution is -2.45. The third-order valence-electron chi connectivity index (χ3n) is 6.26. The van der Waals surface area contributed by atoms with Crippen molar-refractivity contribution in [2.24, 2.45) is 0 Å². The summed E-state index contributed by atoms with van der Waals surface area (Å²) in [6.45, 7) is 1.58. The number of hydrogen-bond donors (Lipinski definition) is 2. The lowest BCUT2D eigenvalue weighted by atomic mass is 9.90. The van der Waals surface area contributed by atoms with Crippen LogP contribution in [-0.4, -0.2) is 54.6 Å². The van der Waals surface area contributed by atoms with Crippen LogP contribution in [-0.2, 0) is 30.7 Å². The van der Waals surface area contributed by atoms with Gasteiger partial charge in [0, 0.05) is 22.4 Å². The fourth-order valence-electron chi connectivity index (χ4n) is 4.32. The number of phosphoric acid groups is 1. The maximum Gasteiger partial charge on any atom is 0.470 e. The van der Waals surface area contributed by atoms with Gasteiger partial charge in [-0.2, -0.15) is 10.4 Å². The van der Waals surface area contributed by atoms with E-state index in [-0.39, 0.29) is 36.1 Å². The molecule has 2 atom stereocenters. The van der Waals surface area contributed by atoms with E-state index in [1.54, 1.807) is 25.2 Å². The molecule has 0 aliphatic carbocycles. The molecule has 2 N–H and O–H groups in total. The number of hydrogen-bond acceptors (Lipinski definition) is 8. The number of nitriles is 1. The van der Waals surface area contributed by atoms with Crippen molar-refractivity contribution in [3.8, 4) is 6.07 Å². The minimum Gasteiger partial charge on any atom is -0.348 e. The van der Waals surface area contributed by atoms with Gasteiger partial charge in [0.1, 0.15) is 35.7 Å². The van der Waals surface area contributed by atoms with Gasteiger partial charge >= 0.3 is 7.82 Å². The maximum absolute atomic E-state index is 15.1. The fraction of sp³-hybridized carbons (Fsp3) is 0.296. The molecule has 1 aromatic heterocycles. The van der Waals surface area contributed by atoms with Crippen LogP contribution in [0, 0.1) is 28.8 Å². The summed E-state index contributed by atoms with van der Waals surface area (Å²) in [6, 6.07) is 8.68. The second-order valence-corrected chi connectivity index (χ2v) is 12.0. The van der Waals surface area contributed by atoms with Crippen LogP contribution in [0.4, 0.5) is 13.2 Å². The molecular weight excluding hydrogens is 596 g/mol. The summed E-state index contributed by atoms with van der Waals surface area (Å²) >= 11 is 1.19. The zero-order valence-electron chi connectivity index (χ0n) is 22.1. The Bertz CT molecular complexity index is 1520. The molecule has 1 fully saturated rings. The Morgan fingerprint density at radius 2 is 1.98 bits per heavy atom. The number of nitrogens with zero attached hydrogens (tertiary/aromatic N) is 4. The van der Waals surface area contributed by atoms with Gasteiger partial charge in [-0.1, -0.05) is 37.3 Å². The summed E-state index contributed by atoms with van der Waals surface area (Å²) in [5, 5.41) is 11.6. The first-order valence-electron chi connectivity index (χ1n) is 12.5. The molecule has 0 radical (unpaired) electrons. The SMILES string of the molecule is C[C@@H](S[C@H]1CO[C@H](/C=C/C=C/c2ccc(C#N)cc2F)OC1)[C@@](Cn1cncn1)(OP(=O)(O)O)c1ccc(F)cc1F. The maximum atomic E-state index is 15.1. The molecule has 222 valence electrons. The van der Waals surface area contributed by atoms with Crippen molar-refractivity contribution in [3.05, 3.63) is 101 Å². The monoisotopic (exact) mass is 622 g/mol. The van der Waals surface area contributed by atoms with Gasteiger partial charge in [0.2, 0.25) is 0 Å². The summed E-state index contributed by atoms with van der Waals surface area (Å²) in [4.78, 5) is 23.5. The molecule has 0 unspecified atom stereocenters. The summed E-state index contributed by atoms with van der Waals surface area (Å²) < 4.78 is 73.1. The van der Waals surface area contributed by atoms with E-state index < -0.39 is 42.4 Å². The lowest BCUT2D eigenvalue weighted by Gasteiger charge is -2.40. The Kier molecular flexibility index (Phi) is 10.4. The summed E-state index contributed by atoms with van der Waals surface area (Å²) in [7, 11) is -5.22. The smallest absolute Gasteiger partial charge is 0.348 e. The van der Waals surface area contributed by atoms with Gasteiger partial charge in [-0.25, -0.2) is 27.4 Å². The molecule has 4 rings (SSSR count). The highest BCUT2D eigenvalue weighted by molar-refractivity contribution is 8.00. The minimum absolute atomic E-state index is 0.166. The molecule has 0 amide bonds. The zero-order valence-corrected chi connectivity index (χ0v) is 23.8. The molecule has 3 aromatic rings. The average molecular weight is 623 g/mol. The molecule has 0 bridgehead atoms. The van der Waals surface area contributed by atoms with Crippen LogP contribution in [0.1, 0.15) is 23.6 Å². The quantitative estimate of drug-likeness (QED) is 0.228. The van der Waals surface area contributed by atoms with Crippen LogP contribution in [0.2, 0.25) is 0 Å². The van der Waals surface area contributed by atoms with Crippen LogP contribution in [0.5, 0.6) is 0 Å². The number of rotatable bonds is 11. The van der Waals surface area contributed by atoms with Crippen molar-refractivity contribution in [1.82, 2.24) is 14.8 Å². The second kappa shape index (κ2) is 13.8. The van der Waals surface area contributed by atoms with E-state index in [1.165, 1.54) is 47.3 Å². The minimum atomic E-state index is -5.22. The van der Waals surface area contributed by atoms with E-state index >= 15 is 4.39 Å². The van der Waals surface area contributed by atoms with Crippen LogP contribution in [0.15, 0.2) is 67.3 Å². The Morgan fingerprint density at radius 1 is 1.21 bits per heavy atom. The number of halogens is 3. The molecule has 1 aliphatic heterocycles. The van der Waals surface area contributed by atoms with E-state index in [0.717, 1.165) is 18.2 Å². The molecule has 0 saturated carbocycles. The summed E-state index contributed by atoms with van der Waals surface area (Å²) in [5.74, 6) is -2.44. The largest absolute Gasteiger partial charge is 0.470 e. The van der Waals surface area contributed by atoms with Gasteiger partial charge in [0.15, 0.2) is 6.29 Å². The molecule has 2 heterocycles. The highest BCUT2D eigenvalue weighted by atomic mass is 32.2. The molecule has 1 aliphatic rings. The number of allylic oxidation sites excluding steroid dienone is 2. The first-order valence-corrected chi connectivity index (χ1v) is 14.9. The molecule has 42 heavy (non-hydrogen) atoms. The lowest BCUT2D eigenvalue weighted by molar-refractivity contribution is -0.146. The van der Waals surface area contributed by atoms with Crippen LogP contribution >= 0.6 is 19.6 Å². The predicted molar refractivity (Wildman–Crippen MR) is 147 cm³/mol. The number of thioether (sulfide) groups is 1. The molecular formula is C27H26F3N4O6PS. The van der Waals surface area contributed by atoms with E-state index in [0.29, 0.717) is 11.6 Å². The highest BCUT2D eigenvalue weighted by Gasteiger charge is 2.48. The van der Waals surface area contributed by atoms with E-state index in [1.807, 2.05) is 6.07 Å². The van der Waals surface area contributed by atoms with Gasteiger partial charge in [-0.3, -0.25) is 4.52 Å². The average Bonchev–Trinajstić information content (AvgIpc) is 3.44. The Labute approximate surface area is 243 Å². The molecule has 15 heteroatoms. The van der Waals surface area contributed by atoms with Gasteiger partial charge in [0.05, 0.1) is 36.6 Å². The topological polar surface area (TPSA) is 140 Å². The summed E-state index contributed by atoms with van der Waals surface area (Å²) in [5.41, 5.74) is -1.75. The van der Waals surface area contributed by atoms with Gasteiger partial charge in [0.25, 0.3) is 0 Å². The first kappa shape index (κ1) is 31.7. The van der Waals surface area contributed by atoms with Gasteiger partial charge in [-0.15, -0.1) is 11.8 Å². The first-order chi connectivity index (χ1) is 20.0. The third-order valence-corrected chi connectivity index (χ3v) is 8.27. The van der Waals surface area contributed by atoms with E-state index in [4.69, 9.17) is 19.3 Å². The standard InChI is InChI=1S/C27H26F3N4O6PS/c1-18(27(40-41(35,36)37,15-34-17-32-16-33-34)23-9-8-21(28)11-25(23)30)42-22-13-38-26(39-14-22)5-3-2-4-20-7-6-19(12-31)10-24(20)29/h2-11,16-18,22,26H,13-15H2,1H3,(H2,35,36,37)/b4-2+,5-3+/t18-,22-,26-,27-/m1/s1. The normalized spacial score (nSPS) is 20.0. The number of phosphoric ester groups is 1. The fourth-order valence-corrected chi connectivity index (χ4v) is 6.49. The van der Waals surface area contributed by atoms with E-state index in [2.05, 4.69) is 10.1 Å². The van der Waals surface area contributed by atoms with Gasteiger partial charge < -0.3 is 19.3 Å². The van der Waals surface area contributed by atoms with Crippen molar-refractivity contribution in [3.63, 3.8) is 0 Å². The Balaban J connectivity index is 1.46. The van der Waals surface area contributed by atoms with Crippen molar-refractivity contribution in [2.45, 2.75) is 35.9 Å². The zero-order chi connectivity index (χ0) is 30.3. The molecule has 10 nitrogen and oxygen atoms in total. The van der Waals surface area contributed by atoms with Crippen LogP contribution in [0.25, 0.3) is 6.08 Å². The van der Waals surface area contributed by atoms with Crippen LogP contribution in [0.3, 0.4) is 0 Å². The highest BCUT2D eigenvalue weighted by Crippen LogP contribution is 2.51. The Hall–Kier alpha value is -3.28.